The molecule has 1 amide bonds. The summed E-state index contributed by atoms with van der Waals surface area (Å²) < 4.78 is 5.36. The molecule has 0 saturated carbocycles. The van der Waals surface area contributed by atoms with Crippen LogP contribution in [0.15, 0.2) is 56.3 Å². The van der Waals surface area contributed by atoms with E-state index in [-0.39, 0.29) is 24.5 Å². The molecule has 2 atom stereocenters. The normalized spacial score (nSPS) is 21.1. The number of thioether (sulfide) groups is 1. The highest BCUT2D eigenvalue weighted by Gasteiger charge is 2.41. The molecule has 0 bridgehead atoms. The van der Waals surface area contributed by atoms with E-state index in [9.17, 15) is 4.79 Å². The second kappa shape index (κ2) is 7.62. The number of fused-ring (bicyclic) bond motifs is 1. The Labute approximate surface area is 175 Å². The van der Waals surface area contributed by atoms with Crippen molar-refractivity contribution in [2.45, 2.75) is 29.9 Å². The first-order valence-corrected chi connectivity index (χ1v) is 11.2. The summed E-state index contributed by atoms with van der Waals surface area (Å²) in [6, 6.07) is 11.9. The molecule has 0 aliphatic carbocycles. The number of carbonyl (C=O) groups excluding carboxylic acids is 1. The Bertz CT molecular complexity index is 1030. The van der Waals surface area contributed by atoms with Crippen LogP contribution < -0.4 is 5.43 Å². The van der Waals surface area contributed by atoms with Crippen LogP contribution in [0.1, 0.15) is 23.2 Å². The van der Waals surface area contributed by atoms with Crippen LogP contribution in [-0.2, 0) is 11.3 Å². The molecule has 2 aliphatic heterocycles. The number of carbonyl (C=O) groups is 1. The predicted octanol–water partition coefficient (Wildman–Crippen LogP) is 3.13. The second-order valence-electron chi connectivity index (χ2n) is 6.72. The average Bonchev–Trinajstić information content (AvgIpc) is 3.50. The summed E-state index contributed by atoms with van der Waals surface area (Å²) in [4.78, 5) is 19.7. The first kappa shape index (κ1) is 18.3. The monoisotopic (exact) mass is 426 g/mol. The number of nitrogens with zero attached hydrogens (tertiary/aromatic N) is 5. The fourth-order valence-electron chi connectivity index (χ4n) is 3.43. The van der Waals surface area contributed by atoms with Crippen LogP contribution in [0.5, 0.6) is 0 Å². The highest BCUT2D eigenvalue weighted by atomic mass is 32.2. The van der Waals surface area contributed by atoms with E-state index >= 15 is 0 Å². The molecule has 0 radical (unpaired) electrons. The number of hydrazone groups is 1. The zero-order chi connectivity index (χ0) is 19.8. The van der Waals surface area contributed by atoms with E-state index in [1.54, 1.807) is 34.4 Å². The minimum Gasteiger partial charge on any atom is -0.337 e. The van der Waals surface area contributed by atoms with E-state index in [1.807, 2.05) is 42.0 Å². The van der Waals surface area contributed by atoms with Crippen LogP contribution in [-0.4, -0.2) is 44.7 Å². The molecule has 1 N–H and O–H groups in total. The van der Waals surface area contributed by atoms with Crippen molar-refractivity contribution in [3.05, 3.63) is 52.5 Å². The van der Waals surface area contributed by atoms with Crippen molar-refractivity contribution in [1.82, 2.24) is 25.6 Å². The van der Waals surface area contributed by atoms with Gasteiger partial charge >= 0.3 is 0 Å². The number of hydrogen-bond acceptors (Lipinski definition) is 9. The zero-order valence-corrected chi connectivity index (χ0v) is 17.2. The van der Waals surface area contributed by atoms with Crippen LogP contribution in [0, 0.1) is 0 Å². The van der Waals surface area contributed by atoms with Crippen molar-refractivity contribution < 1.29 is 9.32 Å². The lowest BCUT2D eigenvalue weighted by molar-refractivity contribution is -0.137. The molecule has 0 spiro atoms. The van der Waals surface area contributed by atoms with Gasteiger partial charge in [-0.25, -0.2) is 10.4 Å². The number of amides is 1. The van der Waals surface area contributed by atoms with E-state index in [1.165, 1.54) is 14.8 Å². The maximum atomic E-state index is 12.9. The highest BCUT2D eigenvalue weighted by Crippen LogP contribution is 2.32. The number of nitrogens with one attached hydrogen (secondary N) is 1. The number of benzene rings is 1. The number of hydrazine groups is 1. The highest BCUT2D eigenvalue weighted by molar-refractivity contribution is 7.98. The van der Waals surface area contributed by atoms with Gasteiger partial charge in [0.2, 0.25) is 11.7 Å². The van der Waals surface area contributed by atoms with Crippen LogP contribution in [0.3, 0.4) is 0 Å². The third-order valence-electron chi connectivity index (χ3n) is 4.94. The van der Waals surface area contributed by atoms with E-state index < -0.39 is 0 Å². The summed E-state index contributed by atoms with van der Waals surface area (Å²) in [7, 11) is 0. The van der Waals surface area contributed by atoms with Gasteiger partial charge in [-0.05, 0) is 42.0 Å². The molecule has 4 heterocycles. The third kappa shape index (κ3) is 3.54. The maximum Gasteiger partial charge on any atom is 0.267 e. The SMILES string of the molecule is CSc1ccc(-c2noc(CN3N=CN4NC(c5cccs5)CC4C3=O)n2)cc1. The summed E-state index contributed by atoms with van der Waals surface area (Å²) in [5.41, 5.74) is 4.21. The first-order valence-electron chi connectivity index (χ1n) is 9.11. The minimum absolute atomic E-state index is 0.0804. The van der Waals surface area contributed by atoms with Gasteiger partial charge in [-0.15, -0.1) is 23.1 Å². The van der Waals surface area contributed by atoms with Crippen molar-refractivity contribution in [2.75, 3.05) is 6.26 Å². The van der Waals surface area contributed by atoms with Gasteiger partial charge in [0.05, 0.1) is 6.04 Å². The summed E-state index contributed by atoms with van der Waals surface area (Å²) in [5.74, 6) is 0.778. The Morgan fingerprint density at radius 3 is 2.93 bits per heavy atom. The van der Waals surface area contributed by atoms with Crippen LogP contribution in [0.2, 0.25) is 0 Å². The molecule has 1 saturated heterocycles. The number of thiophene rings is 1. The topological polar surface area (TPSA) is 86.9 Å². The fourth-order valence-corrected chi connectivity index (χ4v) is 4.63. The van der Waals surface area contributed by atoms with E-state index in [0.29, 0.717) is 18.1 Å². The Morgan fingerprint density at radius 1 is 1.31 bits per heavy atom. The van der Waals surface area contributed by atoms with Gasteiger partial charge in [-0.1, -0.05) is 11.2 Å². The Balaban J connectivity index is 1.28. The third-order valence-corrected chi connectivity index (χ3v) is 6.67. The average molecular weight is 427 g/mol. The quantitative estimate of drug-likeness (QED) is 0.627. The summed E-state index contributed by atoms with van der Waals surface area (Å²) in [5, 5.41) is 13.5. The smallest absolute Gasteiger partial charge is 0.267 e. The van der Waals surface area contributed by atoms with Gasteiger partial charge in [0.15, 0.2) is 0 Å². The van der Waals surface area contributed by atoms with Gasteiger partial charge in [0, 0.05) is 21.8 Å². The van der Waals surface area contributed by atoms with Gasteiger partial charge < -0.3 is 4.52 Å². The number of rotatable bonds is 5. The Kier molecular flexibility index (Phi) is 4.82. The summed E-state index contributed by atoms with van der Waals surface area (Å²) in [6.07, 6.45) is 4.37. The lowest BCUT2D eigenvalue weighted by Crippen LogP contribution is -2.50. The van der Waals surface area contributed by atoms with E-state index in [4.69, 9.17) is 4.52 Å². The maximum absolute atomic E-state index is 12.9. The molecule has 10 heteroatoms. The Hall–Kier alpha value is -2.69. The number of aromatic nitrogens is 2. The molecule has 5 rings (SSSR count). The molecule has 2 aromatic heterocycles. The first-order chi connectivity index (χ1) is 14.2. The molecular weight excluding hydrogens is 408 g/mol. The number of hydrogen-bond donors (Lipinski definition) is 1. The molecule has 29 heavy (non-hydrogen) atoms. The second-order valence-corrected chi connectivity index (χ2v) is 8.58. The van der Waals surface area contributed by atoms with E-state index in [2.05, 4.69) is 26.7 Å². The van der Waals surface area contributed by atoms with E-state index in [0.717, 1.165) is 5.56 Å². The van der Waals surface area contributed by atoms with Crippen molar-refractivity contribution in [2.24, 2.45) is 5.10 Å². The molecule has 8 nitrogen and oxygen atoms in total. The lowest BCUT2D eigenvalue weighted by Gasteiger charge is -2.29. The molecule has 3 aromatic rings. The van der Waals surface area contributed by atoms with Crippen molar-refractivity contribution in [1.29, 1.82) is 0 Å². The zero-order valence-electron chi connectivity index (χ0n) is 15.6. The summed E-state index contributed by atoms with van der Waals surface area (Å²) >= 11 is 3.36. The van der Waals surface area contributed by atoms with Crippen molar-refractivity contribution in [3.8, 4) is 11.4 Å². The minimum atomic E-state index is -0.291. The predicted molar refractivity (Wildman–Crippen MR) is 111 cm³/mol. The van der Waals surface area contributed by atoms with Gasteiger partial charge in [-0.3, -0.25) is 9.80 Å². The van der Waals surface area contributed by atoms with Gasteiger partial charge in [-0.2, -0.15) is 10.1 Å². The van der Waals surface area contributed by atoms with Gasteiger partial charge in [0.25, 0.3) is 5.91 Å². The van der Waals surface area contributed by atoms with Gasteiger partial charge in [0.1, 0.15) is 18.9 Å². The molecule has 1 aromatic carbocycles. The summed E-state index contributed by atoms with van der Waals surface area (Å²) in [6.45, 7) is 0.152. The molecule has 2 aliphatic rings. The Morgan fingerprint density at radius 2 is 2.17 bits per heavy atom. The van der Waals surface area contributed by atoms with Crippen molar-refractivity contribution >= 4 is 35.3 Å². The van der Waals surface area contributed by atoms with Crippen LogP contribution in [0.4, 0.5) is 0 Å². The molecule has 148 valence electrons. The van der Waals surface area contributed by atoms with Crippen LogP contribution in [0.25, 0.3) is 11.4 Å². The lowest BCUT2D eigenvalue weighted by atomic mass is 10.1. The van der Waals surface area contributed by atoms with Crippen LogP contribution >= 0.6 is 23.1 Å². The van der Waals surface area contributed by atoms with Crippen molar-refractivity contribution in [3.63, 3.8) is 0 Å². The molecular formula is C19H18N6O2S2. The standard InChI is InChI=1S/C19H18N6O2S2/c1-28-13-6-4-12(5-7-13)18-21-17(27-23-18)10-24-19(26)15-9-14(16-3-2-8-29-16)22-25(15)11-20-24/h2-8,11,14-15,22H,9-10H2,1H3. The largest absolute Gasteiger partial charge is 0.337 e. The fraction of sp³-hybridized carbons (Fsp3) is 0.263. The molecule has 1 fully saturated rings. The molecule has 2 unspecified atom stereocenters.